The van der Waals surface area contributed by atoms with Crippen molar-refractivity contribution in [2.24, 2.45) is 5.84 Å². The van der Waals surface area contributed by atoms with E-state index in [2.05, 4.69) is 41.0 Å². The number of hydrogen-bond donors (Lipinski definition) is 2. The lowest BCUT2D eigenvalue weighted by molar-refractivity contribution is 0.301. The van der Waals surface area contributed by atoms with Gasteiger partial charge in [0.25, 0.3) is 0 Å². The molecule has 1 aromatic heterocycles. The zero-order valence-electron chi connectivity index (χ0n) is 11.1. The molecule has 0 aliphatic carbocycles. The minimum absolute atomic E-state index is 0.360. The molecule has 6 heteroatoms. The lowest BCUT2D eigenvalue weighted by atomic mass is 9.99. The quantitative estimate of drug-likeness (QED) is 0.628. The van der Waals surface area contributed by atoms with Crippen molar-refractivity contribution in [2.75, 3.05) is 5.43 Å². The van der Waals surface area contributed by atoms with Crippen molar-refractivity contribution in [1.82, 2.24) is 9.59 Å². The number of hydrazine groups is 1. The van der Waals surface area contributed by atoms with Crippen molar-refractivity contribution in [3.05, 3.63) is 35.5 Å². The molecule has 1 aromatic carbocycles. The Labute approximate surface area is 116 Å². The van der Waals surface area contributed by atoms with Gasteiger partial charge in [-0.05, 0) is 30.0 Å². The van der Waals surface area contributed by atoms with Gasteiger partial charge in [-0.3, -0.25) is 0 Å². The highest BCUT2D eigenvalue weighted by molar-refractivity contribution is 7.10. The molecule has 102 valence electrons. The van der Waals surface area contributed by atoms with Gasteiger partial charge in [0, 0.05) is 11.5 Å². The summed E-state index contributed by atoms with van der Waals surface area (Å²) in [7, 11) is 0. The Kier molecular flexibility index (Phi) is 4.70. The molecule has 5 nitrogen and oxygen atoms in total. The largest absolute Gasteiger partial charge is 0.487 e. The van der Waals surface area contributed by atoms with Gasteiger partial charge in [-0.1, -0.05) is 30.5 Å². The van der Waals surface area contributed by atoms with E-state index in [1.54, 1.807) is 0 Å². The highest BCUT2D eigenvalue weighted by Gasteiger charge is 2.08. The van der Waals surface area contributed by atoms with Crippen LogP contribution in [0.5, 0.6) is 5.75 Å². The number of benzene rings is 1. The lowest BCUT2D eigenvalue weighted by Gasteiger charge is -2.10. The van der Waals surface area contributed by atoms with Crippen molar-refractivity contribution < 1.29 is 4.74 Å². The summed E-state index contributed by atoms with van der Waals surface area (Å²) in [5.41, 5.74) is 4.61. The molecule has 3 N–H and O–H groups in total. The second kappa shape index (κ2) is 6.49. The molecule has 1 heterocycles. The second-order valence-corrected chi connectivity index (χ2v) is 5.11. The molecule has 0 spiro atoms. The normalized spacial score (nSPS) is 12.2. The summed E-state index contributed by atoms with van der Waals surface area (Å²) in [6.07, 6.45) is 1.14. The van der Waals surface area contributed by atoms with E-state index in [-0.39, 0.29) is 0 Å². The van der Waals surface area contributed by atoms with Crippen LogP contribution in [0, 0.1) is 0 Å². The lowest BCUT2D eigenvalue weighted by Crippen LogP contribution is -2.08. The summed E-state index contributed by atoms with van der Waals surface area (Å²) >= 11 is 1.22. The fraction of sp³-hybridized carbons (Fsp3) is 0.385. The number of rotatable bonds is 6. The van der Waals surface area contributed by atoms with E-state index in [4.69, 9.17) is 10.6 Å². The molecule has 2 rings (SSSR count). The Bertz CT molecular complexity index is 512. The van der Waals surface area contributed by atoms with Crippen LogP contribution < -0.4 is 16.0 Å². The molecule has 19 heavy (non-hydrogen) atoms. The smallest absolute Gasteiger partial charge is 0.150 e. The zero-order valence-corrected chi connectivity index (χ0v) is 11.9. The van der Waals surface area contributed by atoms with Gasteiger partial charge in [-0.25, -0.2) is 5.84 Å². The fourth-order valence-electron chi connectivity index (χ4n) is 1.69. The maximum Gasteiger partial charge on any atom is 0.150 e. The number of ether oxygens (including phenoxy) is 1. The third kappa shape index (κ3) is 3.42. The average Bonchev–Trinajstić information content (AvgIpc) is 2.92. The Hall–Kier alpha value is -1.66. The molecular weight excluding hydrogens is 260 g/mol. The second-order valence-electron chi connectivity index (χ2n) is 4.36. The summed E-state index contributed by atoms with van der Waals surface area (Å²) in [5.74, 6) is 6.75. The minimum atomic E-state index is 0.360. The number of nitrogen functional groups attached to an aromatic ring is 1. The van der Waals surface area contributed by atoms with Crippen LogP contribution in [-0.2, 0) is 6.61 Å². The van der Waals surface area contributed by atoms with Crippen molar-refractivity contribution in [3.8, 4) is 5.75 Å². The van der Waals surface area contributed by atoms with E-state index < -0.39 is 0 Å². The molecule has 2 aromatic rings. The van der Waals surface area contributed by atoms with Gasteiger partial charge in [0.1, 0.15) is 18.1 Å². The van der Waals surface area contributed by atoms with Gasteiger partial charge in [-0.2, -0.15) is 0 Å². The predicted octanol–water partition coefficient (Wildman–Crippen LogP) is 2.92. The number of nitrogens with zero attached hydrogens (tertiary/aromatic N) is 2. The molecule has 0 fully saturated rings. The van der Waals surface area contributed by atoms with E-state index in [9.17, 15) is 0 Å². The molecule has 0 radical (unpaired) electrons. The molecule has 1 unspecified atom stereocenters. The van der Waals surface area contributed by atoms with E-state index in [1.807, 2.05) is 12.1 Å². The van der Waals surface area contributed by atoms with Crippen LogP contribution in [0.4, 0.5) is 5.00 Å². The monoisotopic (exact) mass is 278 g/mol. The number of hydrogen-bond acceptors (Lipinski definition) is 6. The summed E-state index contributed by atoms with van der Waals surface area (Å²) in [5, 5.41) is 4.69. The van der Waals surface area contributed by atoms with Crippen LogP contribution in [0.15, 0.2) is 24.3 Å². The Morgan fingerprint density at radius 1 is 1.37 bits per heavy atom. The van der Waals surface area contributed by atoms with Crippen molar-refractivity contribution in [3.63, 3.8) is 0 Å². The third-order valence-corrected chi connectivity index (χ3v) is 3.82. The average molecular weight is 278 g/mol. The summed E-state index contributed by atoms with van der Waals surface area (Å²) in [6.45, 7) is 4.76. The van der Waals surface area contributed by atoms with E-state index >= 15 is 0 Å². The molecule has 1 atom stereocenters. The molecule has 0 bridgehead atoms. The van der Waals surface area contributed by atoms with Crippen LogP contribution in [0.3, 0.4) is 0 Å². The summed E-state index contributed by atoms with van der Waals surface area (Å²) in [4.78, 5) is 0. The van der Waals surface area contributed by atoms with Crippen LogP contribution in [0.2, 0.25) is 0 Å². The van der Waals surface area contributed by atoms with Gasteiger partial charge < -0.3 is 10.2 Å². The number of anilines is 1. The number of aromatic nitrogens is 2. The van der Waals surface area contributed by atoms with Gasteiger partial charge in [-0.15, -0.1) is 5.10 Å². The first-order valence-corrected chi connectivity index (χ1v) is 7.02. The highest BCUT2D eigenvalue weighted by Crippen LogP contribution is 2.23. The van der Waals surface area contributed by atoms with Gasteiger partial charge in [0.2, 0.25) is 0 Å². The Balaban J connectivity index is 1.96. The van der Waals surface area contributed by atoms with Crippen LogP contribution in [0.25, 0.3) is 0 Å². The van der Waals surface area contributed by atoms with E-state index in [0.717, 1.165) is 22.9 Å². The zero-order chi connectivity index (χ0) is 13.7. The SMILES string of the molecule is CCC(C)c1ccc(OCc2nnsc2NN)cc1. The van der Waals surface area contributed by atoms with E-state index in [0.29, 0.717) is 12.5 Å². The van der Waals surface area contributed by atoms with Gasteiger partial charge >= 0.3 is 0 Å². The number of nitrogens with two attached hydrogens (primary N) is 1. The molecule has 0 amide bonds. The number of nitrogens with one attached hydrogen (secondary N) is 1. The third-order valence-electron chi connectivity index (χ3n) is 3.12. The van der Waals surface area contributed by atoms with Crippen molar-refractivity contribution >= 4 is 16.5 Å². The van der Waals surface area contributed by atoms with Crippen molar-refractivity contribution in [2.45, 2.75) is 32.8 Å². The Morgan fingerprint density at radius 2 is 2.11 bits per heavy atom. The van der Waals surface area contributed by atoms with Gasteiger partial charge in [0.15, 0.2) is 5.00 Å². The fourth-order valence-corrected chi connectivity index (χ4v) is 2.17. The molecule has 0 aliphatic heterocycles. The Morgan fingerprint density at radius 3 is 2.74 bits per heavy atom. The molecule has 0 aliphatic rings. The standard InChI is InChI=1S/C13H18N4OS/c1-3-9(2)10-4-6-11(7-5-10)18-8-12-13(15-14)19-17-16-12/h4-7,9,15H,3,8,14H2,1-2H3. The van der Waals surface area contributed by atoms with Crippen LogP contribution in [-0.4, -0.2) is 9.59 Å². The highest BCUT2D eigenvalue weighted by atomic mass is 32.1. The minimum Gasteiger partial charge on any atom is -0.487 e. The van der Waals surface area contributed by atoms with E-state index in [1.165, 1.54) is 17.1 Å². The molecule has 0 saturated carbocycles. The molecule has 0 saturated heterocycles. The van der Waals surface area contributed by atoms with Crippen LogP contribution in [0.1, 0.15) is 37.4 Å². The maximum atomic E-state index is 5.67. The van der Waals surface area contributed by atoms with Crippen molar-refractivity contribution in [1.29, 1.82) is 0 Å². The topological polar surface area (TPSA) is 73.1 Å². The first-order chi connectivity index (χ1) is 9.24. The summed E-state index contributed by atoms with van der Waals surface area (Å²) < 4.78 is 9.49. The van der Waals surface area contributed by atoms with Crippen LogP contribution >= 0.6 is 11.5 Å². The van der Waals surface area contributed by atoms with Gasteiger partial charge in [0.05, 0.1) is 0 Å². The first-order valence-electron chi connectivity index (χ1n) is 6.25. The maximum absolute atomic E-state index is 5.67. The summed E-state index contributed by atoms with van der Waals surface area (Å²) in [6, 6.07) is 8.17. The first kappa shape index (κ1) is 13.8. The molecular formula is C13H18N4OS. The predicted molar refractivity (Wildman–Crippen MR) is 77.2 cm³/mol.